The highest BCUT2D eigenvalue weighted by molar-refractivity contribution is 5.69. The molecule has 0 spiro atoms. The predicted octanol–water partition coefficient (Wildman–Crippen LogP) is 2.31. The van der Waals surface area contributed by atoms with Crippen LogP contribution in [0.4, 0.5) is 4.79 Å². The molecule has 134 valence electrons. The van der Waals surface area contributed by atoms with Gasteiger partial charge in [0.2, 0.25) is 6.54 Å². The van der Waals surface area contributed by atoms with Gasteiger partial charge in [-0.1, -0.05) is 0 Å². The van der Waals surface area contributed by atoms with Gasteiger partial charge in [0.05, 0.1) is 12.2 Å². The summed E-state index contributed by atoms with van der Waals surface area (Å²) in [6.07, 6.45) is 2.12. The summed E-state index contributed by atoms with van der Waals surface area (Å²) in [5, 5.41) is 23.7. The molecule has 0 aliphatic heterocycles. The molecule has 8 nitrogen and oxygen atoms in total. The van der Waals surface area contributed by atoms with Gasteiger partial charge in [-0.2, -0.15) is 0 Å². The summed E-state index contributed by atoms with van der Waals surface area (Å²) in [5.74, 6) is -0.720. The molecule has 2 N–H and O–H groups in total. The summed E-state index contributed by atoms with van der Waals surface area (Å²) in [6, 6.07) is 3.30. The molecule has 0 aromatic carbocycles. The summed E-state index contributed by atoms with van der Waals surface area (Å²) in [6.45, 7) is 4.60. The van der Waals surface area contributed by atoms with Gasteiger partial charge in [-0.15, -0.1) is 0 Å². The number of nitrogens with zero attached hydrogens (tertiary/aromatic N) is 1. The third kappa shape index (κ3) is 4.47. The van der Waals surface area contributed by atoms with Crippen molar-refractivity contribution in [3.8, 4) is 0 Å². The van der Waals surface area contributed by atoms with E-state index >= 15 is 0 Å². The molecule has 0 saturated heterocycles. The van der Waals surface area contributed by atoms with Gasteiger partial charge in [0.15, 0.2) is 0 Å². The summed E-state index contributed by atoms with van der Waals surface area (Å²) in [4.78, 5) is 22.7. The number of nitrogens with one attached hydrogen (secondary N) is 1. The fourth-order valence-corrected chi connectivity index (χ4v) is 3.00. The number of carbonyl (C=O) groups is 1. The summed E-state index contributed by atoms with van der Waals surface area (Å²) < 4.78 is 10.6. The minimum atomic E-state index is -0.704. The number of alkyl carbamates (subject to hydrolysis) is 1. The molecule has 1 amide bonds. The maximum Gasteiger partial charge on any atom is 0.408 e. The van der Waals surface area contributed by atoms with E-state index < -0.39 is 34.0 Å². The lowest BCUT2D eigenvalue weighted by molar-refractivity contribution is -0.485. The monoisotopic (exact) mass is 340 g/mol. The molecule has 24 heavy (non-hydrogen) atoms. The molecule has 1 aromatic heterocycles. The molecule has 1 aromatic rings. The highest BCUT2D eigenvalue weighted by Gasteiger charge is 2.55. The van der Waals surface area contributed by atoms with E-state index in [4.69, 9.17) is 9.15 Å². The van der Waals surface area contributed by atoms with Crippen LogP contribution in [0.3, 0.4) is 0 Å². The summed E-state index contributed by atoms with van der Waals surface area (Å²) in [7, 11) is 0. The summed E-state index contributed by atoms with van der Waals surface area (Å²) >= 11 is 0. The van der Waals surface area contributed by atoms with E-state index in [0.29, 0.717) is 18.6 Å². The number of aliphatic hydroxyl groups excluding tert-OH is 1. The van der Waals surface area contributed by atoms with Crippen molar-refractivity contribution in [2.24, 2.45) is 5.92 Å². The lowest BCUT2D eigenvalue weighted by atomic mass is 9.82. The smallest absolute Gasteiger partial charge is 0.408 e. The van der Waals surface area contributed by atoms with Crippen LogP contribution in [0.25, 0.3) is 0 Å². The van der Waals surface area contributed by atoms with Crippen molar-refractivity contribution in [1.29, 1.82) is 0 Å². The van der Waals surface area contributed by atoms with E-state index in [1.54, 1.807) is 32.9 Å². The Bertz CT molecular complexity index is 574. The molecule has 2 atom stereocenters. The van der Waals surface area contributed by atoms with Gasteiger partial charge in [0.25, 0.3) is 0 Å². The zero-order chi connectivity index (χ0) is 18.0. The first-order chi connectivity index (χ1) is 11.2. The third-order valence-electron chi connectivity index (χ3n) is 4.19. The van der Waals surface area contributed by atoms with Crippen molar-refractivity contribution in [2.45, 2.75) is 50.7 Å². The number of aliphatic hydroxyl groups is 1. The van der Waals surface area contributed by atoms with Crippen LogP contribution in [-0.4, -0.2) is 40.4 Å². The van der Waals surface area contributed by atoms with E-state index in [1.807, 2.05) is 0 Å². The molecule has 1 heterocycles. The van der Waals surface area contributed by atoms with Gasteiger partial charge in [-0.05, 0) is 45.7 Å². The van der Waals surface area contributed by atoms with Crippen LogP contribution in [0.5, 0.6) is 0 Å². The molecule has 1 saturated carbocycles. The Morgan fingerprint density at radius 3 is 2.62 bits per heavy atom. The van der Waals surface area contributed by atoms with Crippen molar-refractivity contribution in [3.63, 3.8) is 0 Å². The average molecular weight is 340 g/mol. The number of furan rings is 1. The SMILES string of the molecule is CC(C)(C)OC(=O)NC1([C@H](CO)[C@@H](C[N+](=O)[O-])c2ccco2)CC1. The molecule has 2 rings (SSSR count). The van der Waals surface area contributed by atoms with E-state index in [1.165, 1.54) is 6.26 Å². The standard InChI is InChI=1S/C16H24N2O6/c1-15(2,3)24-14(20)17-16(6-7-16)12(10-19)11(9-18(21)22)13-5-4-8-23-13/h4-5,8,11-12,19H,6-7,9-10H2,1-3H3,(H,17,20)/t11-,12-/m1/s1. The number of hydrogen-bond acceptors (Lipinski definition) is 6. The Morgan fingerprint density at radius 1 is 1.54 bits per heavy atom. The average Bonchev–Trinajstić information content (AvgIpc) is 3.00. The van der Waals surface area contributed by atoms with Crippen LogP contribution in [-0.2, 0) is 4.74 Å². The fourth-order valence-electron chi connectivity index (χ4n) is 3.00. The van der Waals surface area contributed by atoms with Gasteiger partial charge in [0, 0.05) is 23.0 Å². The second-order valence-corrected chi connectivity index (χ2v) is 7.21. The second-order valence-electron chi connectivity index (χ2n) is 7.21. The predicted molar refractivity (Wildman–Crippen MR) is 85.2 cm³/mol. The van der Waals surface area contributed by atoms with Gasteiger partial charge in [-0.25, -0.2) is 4.79 Å². The Morgan fingerprint density at radius 2 is 2.21 bits per heavy atom. The van der Waals surface area contributed by atoms with Crippen LogP contribution in [0, 0.1) is 16.0 Å². The zero-order valence-electron chi connectivity index (χ0n) is 14.2. The molecule has 8 heteroatoms. The van der Waals surface area contributed by atoms with Crippen molar-refractivity contribution in [2.75, 3.05) is 13.2 Å². The van der Waals surface area contributed by atoms with Crippen LogP contribution in [0.2, 0.25) is 0 Å². The van der Waals surface area contributed by atoms with Crippen molar-refractivity contribution >= 4 is 6.09 Å². The minimum absolute atomic E-state index is 0.297. The highest BCUT2D eigenvalue weighted by atomic mass is 16.6. The van der Waals surface area contributed by atoms with Gasteiger partial charge in [0.1, 0.15) is 11.4 Å². The Kier molecular flexibility index (Phi) is 5.17. The van der Waals surface area contributed by atoms with Crippen LogP contribution < -0.4 is 5.32 Å². The maximum atomic E-state index is 12.1. The second kappa shape index (κ2) is 6.80. The van der Waals surface area contributed by atoms with E-state index in [2.05, 4.69) is 5.32 Å². The lowest BCUT2D eigenvalue weighted by Gasteiger charge is -2.31. The maximum absolute atomic E-state index is 12.1. The molecular weight excluding hydrogens is 316 g/mol. The van der Waals surface area contributed by atoms with Gasteiger partial charge >= 0.3 is 6.09 Å². The van der Waals surface area contributed by atoms with Crippen LogP contribution >= 0.6 is 0 Å². The van der Waals surface area contributed by atoms with Crippen molar-refractivity contribution in [3.05, 3.63) is 34.3 Å². The van der Waals surface area contributed by atoms with Crippen molar-refractivity contribution < 1.29 is 24.0 Å². The molecule has 0 unspecified atom stereocenters. The highest BCUT2D eigenvalue weighted by Crippen LogP contribution is 2.48. The van der Waals surface area contributed by atoms with Crippen LogP contribution in [0.1, 0.15) is 45.3 Å². The zero-order valence-corrected chi connectivity index (χ0v) is 14.2. The van der Waals surface area contributed by atoms with Crippen LogP contribution in [0.15, 0.2) is 22.8 Å². The number of ether oxygens (including phenoxy) is 1. The van der Waals surface area contributed by atoms with Gasteiger partial charge in [-0.3, -0.25) is 10.1 Å². The first-order valence-corrected chi connectivity index (χ1v) is 7.94. The molecule has 1 fully saturated rings. The first kappa shape index (κ1) is 18.3. The van der Waals surface area contributed by atoms with E-state index in [0.717, 1.165) is 0 Å². The molecular formula is C16H24N2O6. The van der Waals surface area contributed by atoms with Gasteiger partial charge < -0.3 is 19.6 Å². The lowest BCUT2D eigenvalue weighted by Crippen LogP contribution is -2.48. The fraction of sp³-hybridized carbons (Fsp3) is 0.688. The quantitative estimate of drug-likeness (QED) is 0.581. The number of nitro groups is 1. The summed E-state index contributed by atoms with van der Waals surface area (Å²) in [5.41, 5.74) is -1.35. The first-order valence-electron chi connectivity index (χ1n) is 7.94. The molecule has 0 radical (unpaired) electrons. The molecule has 0 bridgehead atoms. The Hall–Kier alpha value is -2.09. The Balaban J connectivity index is 2.18. The number of amides is 1. The molecule has 1 aliphatic rings. The number of hydrogen-bond donors (Lipinski definition) is 2. The van der Waals surface area contributed by atoms with E-state index in [9.17, 15) is 20.0 Å². The third-order valence-corrected chi connectivity index (χ3v) is 4.19. The number of carbonyl (C=O) groups excluding carboxylic acids is 1. The largest absolute Gasteiger partial charge is 0.469 e. The topological polar surface area (TPSA) is 115 Å². The molecule has 1 aliphatic carbocycles. The van der Waals surface area contributed by atoms with E-state index in [-0.39, 0.29) is 13.2 Å². The minimum Gasteiger partial charge on any atom is -0.469 e. The Labute approximate surface area is 140 Å². The normalized spacial score (nSPS) is 18.5. The number of rotatable bonds is 7. The van der Waals surface area contributed by atoms with Crippen molar-refractivity contribution in [1.82, 2.24) is 5.32 Å².